The summed E-state index contributed by atoms with van der Waals surface area (Å²) in [5, 5.41) is 0.0928. The number of aryl methyl sites for hydroxylation is 1. The molecule has 0 bridgehead atoms. The topological polar surface area (TPSA) is 85.3 Å². The van der Waals surface area contributed by atoms with Gasteiger partial charge in [0.15, 0.2) is 16.7 Å². The molecule has 9 heteroatoms. The van der Waals surface area contributed by atoms with Crippen LogP contribution in [0.5, 0.6) is 11.5 Å². The first kappa shape index (κ1) is 27.5. The van der Waals surface area contributed by atoms with Gasteiger partial charge in [0.25, 0.3) is 15.9 Å². The van der Waals surface area contributed by atoms with Crippen molar-refractivity contribution in [2.45, 2.75) is 44.4 Å². The SMILES string of the molecule is C=CCN1C(=O)/C(=C/c2ccc(OC)c(OCCCCC)c2)S/C1=N/S(=O)(=O)c1ccc(CC)cc1. The van der Waals surface area contributed by atoms with Gasteiger partial charge >= 0.3 is 0 Å². The highest BCUT2D eigenvalue weighted by Crippen LogP contribution is 2.35. The van der Waals surface area contributed by atoms with Crippen LogP contribution in [0.2, 0.25) is 0 Å². The van der Waals surface area contributed by atoms with Gasteiger partial charge in [-0.1, -0.05) is 51.0 Å². The van der Waals surface area contributed by atoms with Crippen LogP contribution in [0.15, 0.2) is 69.3 Å². The predicted molar refractivity (Wildman–Crippen MR) is 146 cm³/mol. The molecule has 0 radical (unpaired) electrons. The number of amides is 1. The maximum Gasteiger partial charge on any atom is 0.284 e. The lowest BCUT2D eigenvalue weighted by Crippen LogP contribution is -2.29. The van der Waals surface area contributed by atoms with E-state index in [-0.39, 0.29) is 22.5 Å². The second-order valence-electron chi connectivity index (χ2n) is 8.13. The summed E-state index contributed by atoms with van der Waals surface area (Å²) in [5.74, 6) is 0.861. The smallest absolute Gasteiger partial charge is 0.284 e. The zero-order valence-corrected chi connectivity index (χ0v) is 22.5. The Labute approximate surface area is 218 Å². The Morgan fingerprint density at radius 1 is 1.08 bits per heavy atom. The standard InChI is InChI=1S/C27H32N2O5S2/c1-5-8-9-17-34-24-18-21(12-15-23(24)33-4)19-25-26(30)29(16-6-2)27(35-25)28-36(31,32)22-13-10-20(7-3)11-14-22/h6,10-15,18-19H,2,5,7-9,16-17H2,1,3-4H3/b25-19-,28-27+. The molecule has 0 atom stereocenters. The molecule has 1 aliphatic rings. The van der Waals surface area contributed by atoms with E-state index in [2.05, 4.69) is 17.9 Å². The van der Waals surface area contributed by atoms with Crippen LogP contribution in [-0.2, 0) is 21.2 Å². The summed E-state index contributed by atoms with van der Waals surface area (Å²) < 4.78 is 41.2. The van der Waals surface area contributed by atoms with E-state index >= 15 is 0 Å². The third-order valence-electron chi connectivity index (χ3n) is 5.52. The van der Waals surface area contributed by atoms with E-state index in [4.69, 9.17) is 9.47 Å². The number of sulfonamides is 1. The molecular weight excluding hydrogens is 496 g/mol. The Kier molecular flexibility index (Phi) is 9.78. The van der Waals surface area contributed by atoms with Gasteiger partial charge in [0.1, 0.15) is 0 Å². The molecule has 192 valence electrons. The zero-order chi connectivity index (χ0) is 26.1. The summed E-state index contributed by atoms with van der Waals surface area (Å²) in [6, 6.07) is 12.0. The van der Waals surface area contributed by atoms with Crippen LogP contribution in [0.25, 0.3) is 6.08 Å². The van der Waals surface area contributed by atoms with E-state index in [0.717, 1.165) is 48.6 Å². The number of amidine groups is 1. The second-order valence-corrected chi connectivity index (χ2v) is 10.7. The minimum absolute atomic E-state index is 0.0799. The summed E-state index contributed by atoms with van der Waals surface area (Å²) in [6.45, 7) is 8.52. The van der Waals surface area contributed by atoms with Crippen molar-refractivity contribution < 1.29 is 22.7 Å². The number of benzene rings is 2. The highest BCUT2D eigenvalue weighted by Gasteiger charge is 2.34. The largest absolute Gasteiger partial charge is 0.493 e. The maximum atomic E-state index is 13.1. The molecule has 0 unspecified atom stereocenters. The van der Waals surface area contributed by atoms with Gasteiger partial charge in [0.2, 0.25) is 0 Å². The number of ether oxygens (including phenoxy) is 2. The number of methoxy groups -OCH3 is 1. The quantitative estimate of drug-likeness (QED) is 0.200. The molecule has 0 saturated carbocycles. The van der Waals surface area contributed by atoms with Crippen molar-refractivity contribution in [1.29, 1.82) is 0 Å². The first-order chi connectivity index (χ1) is 17.3. The number of hydrogen-bond acceptors (Lipinski definition) is 6. The van der Waals surface area contributed by atoms with Crippen molar-refractivity contribution in [2.24, 2.45) is 4.40 Å². The lowest BCUT2D eigenvalue weighted by Gasteiger charge is -2.12. The number of rotatable bonds is 12. The number of unbranched alkanes of at least 4 members (excludes halogenated alkanes) is 2. The molecule has 0 aliphatic carbocycles. The minimum atomic E-state index is -4.00. The van der Waals surface area contributed by atoms with Crippen LogP contribution in [0.3, 0.4) is 0 Å². The van der Waals surface area contributed by atoms with Crippen LogP contribution in [0.4, 0.5) is 0 Å². The predicted octanol–water partition coefficient (Wildman–Crippen LogP) is 5.67. The highest BCUT2D eigenvalue weighted by molar-refractivity contribution is 8.19. The van der Waals surface area contributed by atoms with Crippen LogP contribution in [-0.4, -0.2) is 44.7 Å². The first-order valence-electron chi connectivity index (χ1n) is 11.9. The molecule has 1 fully saturated rings. The number of carbonyl (C=O) groups excluding carboxylic acids is 1. The normalized spacial score (nSPS) is 16.1. The lowest BCUT2D eigenvalue weighted by molar-refractivity contribution is -0.121. The van der Waals surface area contributed by atoms with E-state index in [0.29, 0.717) is 23.0 Å². The summed E-state index contributed by atoms with van der Waals surface area (Å²) >= 11 is 1.02. The number of thioether (sulfide) groups is 1. The van der Waals surface area contributed by atoms with Crippen molar-refractivity contribution in [3.8, 4) is 11.5 Å². The number of carbonyl (C=O) groups is 1. The third kappa shape index (κ3) is 6.79. The van der Waals surface area contributed by atoms with Gasteiger partial charge in [-0.3, -0.25) is 9.69 Å². The van der Waals surface area contributed by atoms with E-state index in [1.54, 1.807) is 31.4 Å². The van der Waals surface area contributed by atoms with Gasteiger partial charge in [0, 0.05) is 6.54 Å². The molecule has 2 aromatic rings. The Bertz CT molecular complexity index is 1250. The molecule has 1 amide bonds. The molecule has 36 heavy (non-hydrogen) atoms. The molecule has 7 nitrogen and oxygen atoms in total. The molecule has 1 heterocycles. The van der Waals surface area contributed by atoms with Crippen LogP contribution in [0, 0.1) is 0 Å². The Morgan fingerprint density at radius 2 is 1.83 bits per heavy atom. The van der Waals surface area contributed by atoms with Gasteiger partial charge in [-0.2, -0.15) is 8.42 Å². The second kappa shape index (κ2) is 12.8. The average molecular weight is 529 g/mol. The van der Waals surface area contributed by atoms with Gasteiger partial charge in [0.05, 0.1) is 23.5 Å². The van der Waals surface area contributed by atoms with Crippen LogP contribution < -0.4 is 9.47 Å². The Hall–Kier alpha value is -3.04. The summed E-state index contributed by atoms with van der Waals surface area (Å²) in [4.78, 5) is 14.9. The highest BCUT2D eigenvalue weighted by atomic mass is 32.2. The van der Waals surface area contributed by atoms with Crippen molar-refractivity contribution in [2.75, 3.05) is 20.3 Å². The fraction of sp³-hybridized carbons (Fsp3) is 0.333. The molecule has 3 rings (SSSR count). The van der Waals surface area contributed by atoms with E-state index in [9.17, 15) is 13.2 Å². The molecule has 2 aromatic carbocycles. The minimum Gasteiger partial charge on any atom is -0.493 e. The fourth-order valence-corrected chi connectivity index (χ4v) is 5.69. The maximum absolute atomic E-state index is 13.1. The molecule has 0 spiro atoms. The van der Waals surface area contributed by atoms with Gasteiger partial charge in [-0.25, -0.2) is 0 Å². The summed E-state index contributed by atoms with van der Waals surface area (Å²) in [5.41, 5.74) is 1.76. The van der Waals surface area contributed by atoms with E-state index in [1.165, 1.54) is 23.1 Å². The third-order valence-corrected chi connectivity index (χ3v) is 7.92. The van der Waals surface area contributed by atoms with E-state index < -0.39 is 10.0 Å². The van der Waals surface area contributed by atoms with Crippen molar-refractivity contribution in [3.05, 3.63) is 71.2 Å². The number of nitrogens with zero attached hydrogens (tertiary/aromatic N) is 2. The molecule has 1 aliphatic heterocycles. The van der Waals surface area contributed by atoms with Gasteiger partial charge in [-0.15, -0.1) is 11.0 Å². The zero-order valence-electron chi connectivity index (χ0n) is 20.9. The van der Waals surface area contributed by atoms with Crippen molar-refractivity contribution >= 4 is 38.9 Å². The Morgan fingerprint density at radius 3 is 2.47 bits per heavy atom. The number of hydrogen-bond donors (Lipinski definition) is 0. The average Bonchev–Trinajstić information content (AvgIpc) is 3.15. The van der Waals surface area contributed by atoms with E-state index in [1.807, 2.05) is 19.1 Å². The Balaban J connectivity index is 1.90. The van der Waals surface area contributed by atoms with Crippen LogP contribution >= 0.6 is 11.8 Å². The molecule has 0 aromatic heterocycles. The fourth-order valence-electron chi connectivity index (χ4n) is 3.50. The van der Waals surface area contributed by atoms with Crippen LogP contribution in [0.1, 0.15) is 44.2 Å². The first-order valence-corrected chi connectivity index (χ1v) is 14.2. The van der Waals surface area contributed by atoms with Crippen molar-refractivity contribution in [1.82, 2.24) is 4.90 Å². The van der Waals surface area contributed by atoms with Crippen molar-refractivity contribution in [3.63, 3.8) is 0 Å². The summed E-state index contributed by atoms with van der Waals surface area (Å²) in [7, 11) is -2.42. The lowest BCUT2D eigenvalue weighted by atomic mass is 10.2. The molecule has 0 N–H and O–H groups in total. The summed E-state index contributed by atoms with van der Waals surface area (Å²) in [6.07, 6.45) is 7.14. The monoisotopic (exact) mass is 528 g/mol. The van der Waals surface area contributed by atoms with Gasteiger partial charge in [-0.05, 0) is 66.1 Å². The van der Waals surface area contributed by atoms with Gasteiger partial charge < -0.3 is 9.47 Å². The molecular formula is C27H32N2O5S2. The molecule has 1 saturated heterocycles.